The molecule has 5 nitrogen and oxygen atoms in total. The van der Waals surface area contributed by atoms with Gasteiger partial charge in [0, 0.05) is 19.0 Å². The lowest BCUT2D eigenvalue weighted by Crippen LogP contribution is -2.51. The molecule has 3 unspecified atom stereocenters. The van der Waals surface area contributed by atoms with Crippen LogP contribution in [0.15, 0.2) is 0 Å². The Morgan fingerprint density at radius 2 is 2.16 bits per heavy atom. The molecule has 1 fully saturated rings. The lowest BCUT2D eigenvalue weighted by Gasteiger charge is -2.44. The van der Waals surface area contributed by atoms with Crippen molar-refractivity contribution in [3.63, 3.8) is 0 Å². The number of carbonyl (C=O) groups is 1. The fourth-order valence-corrected chi connectivity index (χ4v) is 2.70. The highest BCUT2D eigenvalue weighted by molar-refractivity contribution is 5.65. The van der Waals surface area contributed by atoms with Crippen LogP contribution < -0.4 is 5.73 Å². The molecule has 112 valence electrons. The zero-order valence-electron chi connectivity index (χ0n) is 12.6. The van der Waals surface area contributed by atoms with E-state index in [0.717, 1.165) is 12.8 Å². The Hall–Kier alpha value is -0.810. The molecule has 0 radical (unpaired) electrons. The summed E-state index contributed by atoms with van der Waals surface area (Å²) in [7, 11) is 0. The highest BCUT2D eigenvalue weighted by Gasteiger charge is 2.39. The van der Waals surface area contributed by atoms with Crippen LogP contribution in [0.5, 0.6) is 0 Å². The predicted octanol–water partition coefficient (Wildman–Crippen LogP) is 2.15. The molecule has 0 spiro atoms. The molecule has 3 N–H and O–H groups in total. The average Bonchev–Trinajstić information content (AvgIpc) is 2.27. The maximum absolute atomic E-state index is 11.1. The molecule has 0 aromatic carbocycles. The number of nitrogens with two attached hydrogens (primary N) is 1. The third-order valence-corrected chi connectivity index (χ3v) is 3.91. The van der Waals surface area contributed by atoms with E-state index in [-0.39, 0.29) is 23.5 Å². The largest absolute Gasteiger partial charge is 0.465 e. The smallest absolute Gasteiger partial charge is 0.407 e. The van der Waals surface area contributed by atoms with Gasteiger partial charge in [-0.05, 0) is 31.7 Å². The molecule has 1 amide bonds. The second-order valence-corrected chi connectivity index (χ2v) is 6.55. The maximum atomic E-state index is 11.1. The third kappa shape index (κ3) is 4.66. The monoisotopic (exact) mass is 272 g/mol. The van der Waals surface area contributed by atoms with Crippen molar-refractivity contribution in [2.45, 2.75) is 52.7 Å². The van der Waals surface area contributed by atoms with Crippen molar-refractivity contribution < 1.29 is 14.6 Å². The van der Waals surface area contributed by atoms with Crippen molar-refractivity contribution in [1.29, 1.82) is 0 Å². The molecule has 0 aliphatic carbocycles. The molecule has 0 aromatic heterocycles. The Bertz CT molecular complexity index is 302. The third-order valence-electron chi connectivity index (χ3n) is 3.91. The van der Waals surface area contributed by atoms with E-state index in [0.29, 0.717) is 19.6 Å². The van der Waals surface area contributed by atoms with Gasteiger partial charge in [0.1, 0.15) is 0 Å². The quantitative estimate of drug-likeness (QED) is 0.822. The predicted molar refractivity (Wildman–Crippen MR) is 75.2 cm³/mol. The Labute approximate surface area is 116 Å². The molecule has 0 saturated carbocycles. The van der Waals surface area contributed by atoms with Crippen LogP contribution in [0.4, 0.5) is 4.79 Å². The number of likely N-dealkylation sites (tertiary alicyclic amines) is 1. The van der Waals surface area contributed by atoms with Crippen LogP contribution in [-0.2, 0) is 4.74 Å². The SMILES string of the molecule is CC(CCN)OC1CCN(C(=O)O)CC1C(C)(C)C. The van der Waals surface area contributed by atoms with Crippen molar-refractivity contribution in [1.82, 2.24) is 4.90 Å². The Kier molecular flexibility index (Phi) is 5.62. The zero-order chi connectivity index (χ0) is 14.6. The minimum atomic E-state index is -0.831. The molecule has 1 aliphatic rings. The van der Waals surface area contributed by atoms with Gasteiger partial charge in [-0.2, -0.15) is 0 Å². The highest BCUT2D eigenvalue weighted by atomic mass is 16.5. The van der Waals surface area contributed by atoms with Crippen molar-refractivity contribution in [3.05, 3.63) is 0 Å². The van der Waals surface area contributed by atoms with Crippen LogP contribution >= 0.6 is 0 Å². The van der Waals surface area contributed by atoms with Crippen LogP contribution in [0.25, 0.3) is 0 Å². The van der Waals surface area contributed by atoms with Gasteiger partial charge in [-0.25, -0.2) is 4.79 Å². The van der Waals surface area contributed by atoms with E-state index in [1.54, 1.807) is 0 Å². The number of hydrogen-bond donors (Lipinski definition) is 2. The Morgan fingerprint density at radius 1 is 1.53 bits per heavy atom. The van der Waals surface area contributed by atoms with E-state index in [1.807, 2.05) is 6.92 Å². The lowest BCUT2D eigenvalue weighted by atomic mass is 9.74. The van der Waals surface area contributed by atoms with Gasteiger partial charge >= 0.3 is 6.09 Å². The number of rotatable bonds is 4. The summed E-state index contributed by atoms with van der Waals surface area (Å²) in [6, 6.07) is 0. The van der Waals surface area contributed by atoms with Gasteiger partial charge in [-0.3, -0.25) is 0 Å². The molecule has 1 aliphatic heterocycles. The van der Waals surface area contributed by atoms with E-state index in [4.69, 9.17) is 15.6 Å². The highest BCUT2D eigenvalue weighted by Crippen LogP contribution is 2.35. The number of carboxylic acid groups (broad SMARTS) is 1. The summed E-state index contributed by atoms with van der Waals surface area (Å²) in [4.78, 5) is 12.6. The molecule has 1 rings (SSSR count). The van der Waals surface area contributed by atoms with Crippen LogP contribution in [0.3, 0.4) is 0 Å². The molecule has 0 aromatic rings. The summed E-state index contributed by atoms with van der Waals surface area (Å²) in [6.45, 7) is 10.2. The van der Waals surface area contributed by atoms with Crippen LogP contribution in [0, 0.1) is 11.3 Å². The first-order chi connectivity index (χ1) is 8.75. The standard InChI is InChI=1S/C14H28N2O3/c1-10(5-7-15)19-12-6-8-16(13(17)18)9-11(12)14(2,3)4/h10-12H,5-9,15H2,1-4H3,(H,17,18). The number of nitrogens with zero attached hydrogens (tertiary/aromatic N) is 1. The molecule has 1 saturated heterocycles. The van der Waals surface area contributed by atoms with E-state index >= 15 is 0 Å². The van der Waals surface area contributed by atoms with Crippen LogP contribution in [-0.4, -0.2) is 47.9 Å². The second kappa shape index (κ2) is 6.57. The molecular weight excluding hydrogens is 244 g/mol. The Morgan fingerprint density at radius 3 is 2.63 bits per heavy atom. The van der Waals surface area contributed by atoms with Crippen molar-refractivity contribution in [2.75, 3.05) is 19.6 Å². The fraction of sp³-hybridized carbons (Fsp3) is 0.929. The van der Waals surface area contributed by atoms with Gasteiger partial charge < -0.3 is 20.5 Å². The normalized spacial score (nSPS) is 26.3. The first kappa shape index (κ1) is 16.2. The van der Waals surface area contributed by atoms with Crippen molar-refractivity contribution >= 4 is 6.09 Å². The number of hydrogen-bond acceptors (Lipinski definition) is 3. The molecular formula is C14H28N2O3. The minimum absolute atomic E-state index is 0.0290. The van der Waals surface area contributed by atoms with Gasteiger partial charge in [0.2, 0.25) is 0 Å². The van der Waals surface area contributed by atoms with E-state index in [2.05, 4.69) is 20.8 Å². The van der Waals surface area contributed by atoms with Gasteiger partial charge in [-0.1, -0.05) is 20.8 Å². The molecule has 1 heterocycles. The van der Waals surface area contributed by atoms with Crippen molar-refractivity contribution in [2.24, 2.45) is 17.1 Å². The lowest BCUT2D eigenvalue weighted by molar-refractivity contribution is -0.0933. The first-order valence-corrected chi connectivity index (χ1v) is 7.09. The molecule has 19 heavy (non-hydrogen) atoms. The van der Waals surface area contributed by atoms with Crippen LogP contribution in [0.2, 0.25) is 0 Å². The van der Waals surface area contributed by atoms with Gasteiger partial charge in [0.15, 0.2) is 0 Å². The summed E-state index contributed by atoms with van der Waals surface area (Å²) in [6.07, 6.45) is 1.04. The maximum Gasteiger partial charge on any atom is 0.407 e. The Balaban J connectivity index is 2.71. The summed E-state index contributed by atoms with van der Waals surface area (Å²) >= 11 is 0. The minimum Gasteiger partial charge on any atom is -0.465 e. The van der Waals surface area contributed by atoms with E-state index in [1.165, 1.54) is 4.90 Å². The topological polar surface area (TPSA) is 75.8 Å². The zero-order valence-corrected chi connectivity index (χ0v) is 12.6. The summed E-state index contributed by atoms with van der Waals surface area (Å²) in [5.41, 5.74) is 5.58. The summed E-state index contributed by atoms with van der Waals surface area (Å²) in [5, 5.41) is 9.14. The van der Waals surface area contributed by atoms with Gasteiger partial charge in [0.05, 0.1) is 12.2 Å². The van der Waals surface area contributed by atoms with Crippen LogP contribution in [0.1, 0.15) is 40.5 Å². The molecule has 0 bridgehead atoms. The molecule has 5 heteroatoms. The van der Waals surface area contributed by atoms with E-state index in [9.17, 15) is 4.79 Å². The van der Waals surface area contributed by atoms with Gasteiger partial charge in [0.25, 0.3) is 0 Å². The average molecular weight is 272 g/mol. The number of piperidine rings is 1. The number of amides is 1. The fourth-order valence-electron chi connectivity index (χ4n) is 2.70. The summed E-state index contributed by atoms with van der Waals surface area (Å²) in [5.74, 6) is 0.220. The molecule has 3 atom stereocenters. The summed E-state index contributed by atoms with van der Waals surface area (Å²) < 4.78 is 6.10. The van der Waals surface area contributed by atoms with E-state index < -0.39 is 6.09 Å². The number of ether oxygens (including phenoxy) is 1. The van der Waals surface area contributed by atoms with Gasteiger partial charge in [-0.15, -0.1) is 0 Å². The van der Waals surface area contributed by atoms with Crippen molar-refractivity contribution in [3.8, 4) is 0 Å². The second-order valence-electron chi connectivity index (χ2n) is 6.55. The first-order valence-electron chi connectivity index (χ1n) is 7.09.